The van der Waals surface area contributed by atoms with Crippen LogP contribution in [0.25, 0.3) is 5.69 Å². The Kier molecular flexibility index (Phi) is 6.26. The topological polar surface area (TPSA) is 60.2 Å². The highest BCUT2D eigenvalue weighted by atomic mass is 35.5. The van der Waals surface area contributed by atoms with Crippen LogP contribution in [-0.4, -0.2) is 44.4 Å². The van der Waals surface area contributed by atoms with E-state index in [1.807, 2.05) is 43.5 Å². The van der Waals surface area contributed by atoms with Crippen LogP contribution in [0.15, 0.2) is 29.7 Å². The molecular formula is C15H20ClN3O2S. The standard InChI is InChI=1S/C15H20ClN3O2S/c1-10(2)21-7-13(20)8-22-15-18-17-9-19(15)12-5-4-11(3)14(16)6-12/h4-6,9-10,13,20H,7-8H2,1-3H3. The molecule has 0 aliphatic carbocycles. The zero-order valence-corrected chi connectivity index (χ0v) is 14.4. The van der Waals surface area contributed by atoms with Crippen molar-refractivity contribution in [2.45, 2.75) is 38.1 Å². The molecule has 0 fully saturated rings. The van der Waals surface area contributed by atoms with Crippen molar-refractivity contribution in [3.63, 3.8) is 0 Å². The molecule has 5 nitrogen and oxygen atoms in total. The van der Waals surface area contributed by atoms with Crippen molar-refractivity contribution >= 4 is 23.4 Å². The molecule has 0 amide bonds. The van der Waals surface area contributed by atoms with Crippen molar-refractivity contribution in [2.75, 3.05) is 12.4 Å². The lowest BCUT2D eigenvalue weighted by atomic mass is 10.2. The van der Waals surface area contributed by atoms with Gasteiger partial charge in [0.1, 0.15) is 6.33 Å². The lowest BCUT2D eigenvalue weighted by molar-refractivity contribution is 0.0152. The van der Waals surface area contributed by atoms with E-state index in [2.05, 4.69) is 10.2 Å². The Balaban J connectivity index is 2.02. The number of rotatable bonds is 7. The van der Waals surface area contributed by atoms with E-state index in [1.54, 1.807) is 6.33 Å². The fraction of sp³-hybridized carbons (Fsp3) is 0.467. The highest BCUT2D eigenvalue weighted by molar-refractivity contribution is 7.99. The van der Waals surface area contributed by atoms with E-state index in [0.29, 0.717) is 22.5 Å². The molecule has 1 atom stereocenters. The van der Waals surface area contributed by atoms with Gasteiger partial charge in [-0.15, -0.1) is 10.2 Å². The second-order valence-corrected chi connectivity index (χ2v) is 6.66. The molecule has 1 aromatic carbocycles. The smallest absolute Gasteiger partial charge is 0.195 e. The third-order valence-electron chi connectivity index (χ3n) is 2.98. The Labute approximate surface area is 139 Å². The van der Waals surface area contributed by atoms with Gasteiger partial charge >= 0.3 is 0 Å². The average Bonchev–Trinajstić information content (AvgIpc) is 2.94. The highest BCUT2D eigenvalue weighted by Gasteiger charge is 2.12. The molecule has 1 unspecified atom stereocenters. The Hall–Kier alpha value is -1.08. The van der Waals surface area contributed by atoms with Crippen LogP contribution >= 0.6 is 23.4 Å². The van der Waals surface area contributed by atoms with Crippen LogP contribution in [0, 0.1) is 6.92 Å². The second kappa shape index (κ2) is 7.97. The predicted molar refractivity (Wildman–Crippen MR) is 88.9 cm³/mol. The van der Waals surface area contributed by atoms with E-state index in [0.717, 1.165) is 11.3 Å². The number of hydrogen-bond acceptors (Lipinski definition) is 5. The van der Waals surface area contributed by atoms with Gasteiger partial charge in [-0.05, 0) is 38.5 Å². The summed E-state index contributed by atoms with van der Waals surface area (Å²) >= 11 is 7.60. The first-order valence-corrected chi connectivity index (χ1v) is 8.42. The highest BCUT2D eigenvalue weighted by Crippen LogP contribution is 2.24. The molecule has 120 valence electrons. The van der Waals surface area contributed by atoms with Gasteiger partial charge in [-0.1, -0.05) is 29.4 Å². The van der Waals surface area contributed by atoms with Gasteiger partial charge in [-0.25, -0.2) is 0 Å². The lowest BCUT2D eigenvalue weighted by Gasteiger charge is -2.13. The molecule has 2 rings (SSSR count). The summed E-state index contributed by atoms with van der Waals surface area (Å²) in [4.78, 5) is 0. The number of aromatic nitrogens is 3. The molecule has 0 aliphatic heterocycles. The van der Waals surface area contributed by atoms with Crippen molar-refractivity contribution in [3.05, 3.63) is 35.1 Å². The quantitative estimate of drug-likeness (QED) is 0.784. The fourth-order valence-electron chi connectivity index (χ4n) is 1.75. The van der Waals surface area contributed by atoms with Crippen LogP contribution in [0.4, 0.5) is 0 Å². The van der Waals surface area contributed by atoms with E-state index >= 15 is 0 Å². The summed E-state index contributed by atoms with van der Waals surface area (Å²) in [6, 6.07) is 5.80. The van der Waals surface area contributed by atoms with Crippen LogP contribution in [0.3, 0.4) is 0 Å². The van der Waals surface area contributed by atoms with Gasteiger partial charge in [-0.3, -0.25) is 4.57 Å². The van der Waals surface area contributed by atoms with E-state index in [-0.39, 0.29) is 6.10 Å². The van der Waals surface area contributed by atoms with E-state index < -0.39 is 6.10 Å². The number of benzene rings is 1. The van der Waals surface area contributed by atoms with Gasteiger partial charge in [0.15, 0.2) is 5.16 Å². The zero-order chi connectivity index (χ0) is 16.1. The fourth-order valence-corrected chi connectivity index (χ4v) is 2.76. The minimum Gasteiger partial charge on any atom is -0.390 e. The van der Waals surface area contributed by atoms with Gasteiger partial charge in [-0.2, -0.15) is 0 Å². The predicted octanol–water partition coefficient (Wildman–Crippen LogP) is 3.11. The first-order chi connectivity index (χ1) is 10.5. The number of thioether (sulfide) groups is 1. The van der Waals surface area contributed by atoms with Crippen LogP contribution < -0.4 is 0 Å². The average molecular weight is 342 g/mol. The molecule has 1 aromatic heterocycles. The van der Waals surface area contributed by atoms with Gasteiger partial charge < -0.3 is 9.84 Å². The Bertz CT molecular complexity index is 619. The summed E-state index contributed by atoms with van der Waals surface area (Å²) in [6.45, 7) is 6.16. The summed E-state index contributed by atoms with van der Waals surface area (Å²) < 4.78 is 7.25. The van der Waals surface area contributed by atoms with E-state index in [9.17, 15) is 5.11 Å². The normalized spacial score (nSPS) is 12.8. The second-order valence-electron chi connectivity index (χ2n) is 5.26. The molecule has 0 spiro atoms. The number of aliphatic hydroxyl groups is 1. The molecule has 1 heterocycles. The van der Waals surface area contributed by atoms with Crippen molar-refractivity contribution in [2.24, 2.45) is 0 Å². The van der Waals surface area contributed by atoms with Gasteiger partial charge in [0.25, 0.3) is 0 Å². The number of aliphatic hydroxyl groups excluding tert-OH is 1. The number of hydrogen-bond donors (Lipinski definition) is 1. The lowest BCUT2D eigenvalue weighted by Crippen LogP contribution is -2.20. The van der Waals surface area contributed by atoms with E-state index in [4.69, 9.17) is 16.3 Å². The maximum atomic E-state index is 9.91. The molecule has 0 bridgehead atoms. The van der Waals surface area contributed by atoms with Crippen molar-refractivity contribution in [1.29, 1.82) is 0 Å². The minimum atomic E-state index is -0.542. The molecule has 0 aliphatic rings. The Morgan fingerprint density at radius 2 is 2.18 bits per heavy atom. The monoisotopic (exact) mass is 341 g/mol. The van der Waals surface area contributed by atoms with Crippen LogP contribution in [-0.2, 0) is 4.74 Å². The summed E-state index contributed by atoms with van der Waals surface area (Å²) in [5.41, 5.74) is 1.92. The largest absolute Gasteiger partial charge is 0.390 e. The number of halogens is 1. The maximum Gasteiger partial charge on any atom is 0.195 e. The molecule has 0 radical (unpaired) electrons. The van der Waals surface area contributed by atoms with Crippen LogP contribution in [0.5, 0.6) is 0 Å². The van der Waals surface area contributed by atoms with Gasteiger partial charge in [0.05, 0.1) is 24.5 Å². The molecular weight excluding hydrogens is 322 g/mol. The number of nitrogens with zero attached hydrogens (tertiary/aromatic N) is 3. The third kappa shape index (κ3) is 4.71. The molecule has 7 heteroatoms. The Morgan fingerprint density at radius 3 is 2.86 bits per heavy atom. The van der Waals surface area contributed by atoms with Crippen LogP contribution in [0.2, 0.25) is 5.02 Å². The Morgan fingerprint density at radius 1 is 1.41 bits per heavy atom. The minimum absolute atomic E-state index is 0.109. The summed E-state index contributed by atoms with van der Waals surface area (Å²) in [7, 11) is 0. The number of ether oxygens (including phenoxy) is 1. The molecule has 0 saturated carbocycles. The zero-order valence-electron chi connectivity index (χ0n) is 12.9. The third-order valence-corrected chi connectivity index (χ3v) is 4.47. The van der Waals surface area contributed by atoms with Crippen molar-refractivity contribution in [1.82, 2.24) is 14.8 Å². The molecule has 2 aromatic rings. The van der Waals surface area contributed by atoms with E-state index in [1.165, 1.54) is 11.8 Å². The molecule has 1 N–H and O–H groups in total. The van der Waals surface area contributed by atoms with Gasteiger partial charge in [0.2, 0.25) is 0 Å². The summed E-state index contributed by atoms with van der Waals surface area (Å²) in [5, 5.41) is 19.4. The SMILES string of the molecule is Cc1ccc(-n2cnnc2SCC(O)COC(C)C)cc1Cl. The van der Waals surface area contributed by atoms with Crippen molar-refractivity contribution in [3.8, 4) is 5.69 Å². The number of aryl methyl sites for hydroxylation is 1. The molecule has 0 saturated heterocycles. The first-order valence-electron chi connectivity index (χ1n) is 7.06. The summed E-state index contributed by atoms with van der Waals surface area (Å²) in [5.74, 6) is 0.491. The van der Waals surface area contributed by atoms with Gasteiger partial charge in [0, 0.05) is 10.8 Å². The summed E-state index contributed by atoms with van der Waals surface area (Å²) in [6.07, 6.45) is 1.21. The first kappa shape index (κ1) is 17.3. The van der Waals surface area contributed by atoms with Crippen molar-refractivity contribution < 1.29 is 9.84 Å². The maximum absolute atomic E-state index is 9.91. The van der Waals surface area contributed by atoms with Crippen LogP contribution in [0.1, 0.15) is 19.4 Å². The molecule has 22 heavy (non-hydrogen) atoms.